The van der Waals surface area contributed by atoms with Gasteiger partial charge in [0.05, 0.1) is 0 Å². The molecule has 0 amide bonds. The van der Waals surface area contributed by atoms with Crippen molar-refractivity contribution in [3.8, 4) is 0 Å². The molecule has 1 N–H and O–H groups in total. The van der Waals surface area contributed by atoms with Crippen LogP contribution in [-0.4, -0.2) is 29.1 Å². The Labute approximate surface area is 113 Å². The van der Waals surface area contributed by atoms with Crippen molar-refractivity contribution >= 4 is 11.8 Å². The average molecular weight is 258 g/mol. The molecule has 1 aliphatic carbocycles. The average Bonchev–Trinajstić information content (AvgIpc) is 2.84. The Hall–Kier alpha value is -2.10. The third kappa shape index (κ3) is 2.67. The van der Waals surface area contributed by atoms with Crippen LogP contribution in [0.1, 0.15) is 28.0 Å². The van der Waals surface area contributed by atoms with Crippen LogP contribution in [0.2, 0.25) is 0 Å². The van der Waals surface area contributed by atoms with Crippen molar-refractivity contribution < 1.29 is 9.90 Å². The largest absolute Gasteiger partial charge is 0.478 e. The molecule has 1 aromatic heterocycles. The van der Waals surface area contributed by atoms with Gasteiger partial charge >= 0.3 is 5.97 Å². The lowest BCUT2D eigenvalue weighted by molar-refractivity contribution is 0.0697. The van der Waals surface area contributed by atoms with E-state index in [2.05, 4.69) is 18.1 Å². The van der Waals surface area contributed by atoms with Gasteiger partial charge in [-0.25, -0.2) is 9.78 Å². The maximum atomic E-state index is 11.4. The smallest absolute Gasteiger partial charge is 0.339 e. The van der Waals surface area contributed by atoms with Crippen LogP contribution in [0.4, 0.5) is 5.82 Å². The molecule has 0 radical (unpaired) electrons. The Bertz CT molecular complexity index is 513. The topological polar surface area (TPSA) is 53.4 Å². The number of aryl methyl sites for hydroxylation is 2. The molecular formula is C15H18N2O2. The molecule has 100 valence electrons. The molecule has 1 heterocycles. The SMILES string of the molecule is C=CCN(CC=C)c1nc2c(cc1C(=O)O)CCC2. The summed E-state index contributed by atoms with van der Waals surface area (Å²) < 4.78 is 0. The van der Waals surface area contributed by atoms with Crippen molar-refractivity contribution in [2.75, 3.05) is 18.0 Å². The van der Waals surface area contributed by atoms with Gasteiger partial charge in [-0.2, -0.15) is 0 Å². The first-order chi connectivity index (χ1) is 9.17. The second-order valence-corrected chi connectivity index (χ2v) is 4.61. The third-order valence-electron chi connectivity index (χ3n) is 3.26. The number of aromatic nitrogens is 1. The molecule has 0 bridgehead atoms. The fourth-order valence-corrected chi connectivity index (χ4v) is 2.42. The normalized spacial score (nSPS) is 12.8. The molecule has 4 nitrogen and oxygen atoms in total. The van der Waals surface area contributed by atoms with E-state index in [-0.39, 0.29) is 5.56 Å². The van der Waals surface area contributed by atoms with Crippen LogP contribution in [0.15, 0.2) is 31.4 Å². The van der Waals surface area contributed by atoms with Crippen molar-refractivity contribution in [1.29, 1.82) is 0 Å². The van der Waals surface area contributed by atoms with Crippen molar-refractivity contribution in [2.24, 2.45) is 0 Å². The molecule has 4 heteroatoms. The maximum Gasteiger partial charge on any atom is 0.339 e. The molecular weight excluding hydrogens is 240 g/mol. The molecule has 0 aliphatic heterocycles. The number of carboxylic acid groups (broad SMARTS) is 1. The quantitative estimate of drug-likeness (QED) is 0.796. The maximum absolute atomic E-state index is 11.4. The molecule has 0 saturated carbocycles. The molecule has 19 heavy (non-hydrogen) atoms. The van der Waals surface area contributed by atoms with Gasteiger partial charge < -0.3 is 10.0 Å². The van der Waals surface area contributed by atoms with E-state index >= 15 is 0 Å². The lowest BCUT2D eigenvalue weighted by Crippen LogP contribution is -2.27. The van der Waals surface area contributed by atoms with E-state index in [4.69, 9.17) is 0 Å². The van der Waals surface area contributed by atoms with Gasteiger partial charge in [0, 0.05) is 18.8 Å². The van der Waals surface area contributed by atoms with E-state index in [1.807, 2.05) is 4.90 Å². The van der Waals surface area contributed by atoms with Crippen molar-refractivity contribution in [2.45, 2.75) is 19.3 Å². The summed E-state index contributed by atoms with van der Waals surface area (Å²) in [7, 11) is 0. The fraction of sp³-hybridized carbons (Fsp3) is 0.333. The Morgan fingerprint density at radius 1 is 1.37 bits per heavy atom. The van der Waals surface area contributed by atoms with Gasteiger partial charge in [-0.05, 0) is 30.9 Å². The van der Waals surface area contributed by atoms with Crippen LogP contribution in [0.3, 0.4) is 0 Å². The number of carbonyl (C=O) groups is 1. The van der Waals surface area contributed by atoms with E-state index in [0.29, 0.717) is 18.9 Å². The molecule has 0 unspecified atom stereocenters. The van der Waals surface area contributed by atoms with Crippen LogP contribution in [0.5, 0.6) is 0 Å². The van der Waals surface area contributed by atoms with Crippen LogP contribution in [0, 0.1) is 0 Å². The zero-order valence-electron chi connectivity index (χ0n) is 10.9. The minimum atomic E-state index is -0.935. The number of aromatic carboxylic acids is 1. The summed E-state index contributed by atoms with van der Waals surface area (Å²) in [5.74, 6) is -0.414. The van der Waals surface area contributed by atoms with Gasteiger partial charge in [0.2, 0.25) is 0 Å². The first-order valence-electron chi connectivity index (χ1n) is 6.40. The predicted molar refractivity (Wildman–Crippen MR) is 75.8 cm³/mol. The highest BCUT2D eigenvalue weighted by atomic mass is 16.4. The number of hydrogen-bond acceptors (Lipinski definition) is 3. The second-order valence-electron chi connectivity index (χ2n) is 4.61. The van der Waals surface area contributed by atoms with E-state index in [0.717, 1.165) is 30.5 Å². The molecule has 2 rings (SSSR count). The van der Waals surface area contributed by atoms with Gasteiger partial charge in [-0.1, -0.05) is 12.2 Å². The standard InChI is InChI=1S/C15H18N2O2/c1-3-8-17(9-4-2)14-12(15(18)19)10-11-6-5-7-13(11)16-14/h3-4,10H,1-2,5-9H2,(H,18,19). The van der Waals surface area contributed by atoms with E-state index in [1.165, 1.54) is 0 Å². The summed E-state index contributed by atoms with van der Waals surface area (Å²) in [4.78, 5) is 17.9. The Kier molecular flexibility index (Phi) is 4.00. The summed E-state index contributed by atoms with van der Waals surface area (Å²) in [6.07, 6.45) is 6.38. The lowest BCUT2D eigenvalue weighted by Gasteiger charge is -2.23. The van der Waals surface area contributed by atoms with Crippen molar-refractivity contribution in [3.63, 3.8) is 0 Å². The zero-order valence-corrected chi connectivity index (χ0v) is 10.9. The van der Waals surface area contributed by atoms with Crippen molar-refractivity contribution in [1.82, 2.24) is 4.98 Å². The summed E-state index contributed by atoms with van der Waals surface area (Å²) in [6.45, 7) is 8.52. The number of nitrogens with zero attached hydrogens (tertiary/aromatic N) is 2. The fourth-order valence-electron chi connectivity index (χ4n) is 2.42. The van der Waals surface area contributed by atoms with Crippen LogP contribution in [0.25, 0.3) is 0 Å². The highest BCUT2D eigenvalue weighted by Gasteiger charge is 2.22. The summed E-state index contributed by atoms with van der Waals surface area (Å²) in [5, 5.41) is 9.36. The third-order valence-corrected chi connectivity index (χ3v) is 3.26. The monoisotopic (exact) mass is 258 g/mol. The van der Waals surface area contributed by atoms with Crippen LogP contribution < -0.4 is 4.90 Å². The molecule has 1 aliphatic rings. The first-order valence-corrected chi connectivity index (χ1v) is 6.40. The number of hydrogen-bond donors (Lipinski definition) is 1. The van der Waals surface area contributed by atoms with Gasteiger partial charge in [-0.15, -0.1) is 13.2 Å². The van der Waals surface area contributed by atoms with Crippen molar-refractivity contribution in [3.05, 3.63) is 48.2 Å². The highest BCUT2D eigenvalue weighted by molar-refractivity contribution is 5.93. The summed E-state index contributed by atoms with van der Waals surface area (Å²) >= 11 is 0. The van der Waals surface area contributed by atoms with Gasteiger partial charge in [0.15, 0.2) is 0 Å². The molecule has 0 atom stereocenters. The molecule has 0 aromatic carbocycles. The molecule has 0 fully saturated rings. The van der Waals surface area contributed by atoms with Crippen LogP contribution in [-0.2, 0) is 12.8 Å². The highest BCUT2D eigenvalue weighted by Crippen LogP contribution is 2.27. The van der Waals surface area contributed by atoms with E-state index < -0.39 is 5.97 Å². The lowest BCUT2D eigenvalue weighted by atomic mass is 10.1. The Balaban J connectivity index is 2.49. The summed E-state index contributed by atoms with van der Waals surface area (Å²) in [6, 6.07) is 1.77. The minimum absolute atomic E-state index is 0.268. The Morgan fingerprint density at radius 3 is 2.63 bits per heavy atom. The van der Waals surface area contributed by atoms with Gasteiger partial charge in [0.1, 0.15) is 11.4 Å². The number of rotatable bonds is 6. The number of carboxylic acids is 1. The zero-order chi connectivity index (χ0) is 13.8. The molecule has 0 saturated heterocycles. The van der Waals surface area contributed by atoms with Crippen LogP contribution >= 0.6 is 0 Å². The predicted octanol–water partition coefficient (Wildman–Crippen LogP) is 2.45. The molecule has 0 spiro atoms. The van der Waals surface area contributed by atoms with E-state index in [9.17, 15) is 9.90 Å². The number of anilines is 1. The second kappa shape index (κ2) is 5.69. The van der Waals surface area contributed by atoms with E-state index in [1.54, 1.807) is 18.2 Å². The van der Waals surface area contributed by atoms with Gasteiger partial charge in [-0.3, -0.25) is 0 Å². The summed E-state index contributed by atoms with van der Waals surface area (Å²) in [5.41, 5.74) is 2.36. The number of fused-ring (bicyclic) bond motifs is 1. The minimum Gasteiger partial charge on any atom is -0.478 e. The van der Waals surface area contributed by atoms with Gasteiger partial charge in [0.25, 0.3) is 0 Å². The first kappa shape index (κ1) is 13.3. The molecule has 1 aromatic rings. The Morgan fingerprint density at radius 2 is 2.05 bits per heavy atom. The number of pyridine rings is 1.